The van der Waals surface area contributed by atoms with Crippen molar-refractivity contribution < 1.29 is 9.59 Å². The number of carbonyl (C=O) groups excluding carboxylic acids is 2. The molecule has 0 aromatic carbocycles. The van der Waals surface area contributed by atoms with Gasteiger partial charge in [0.15, 0.2) is 0 Å². The molecule has 0 aromatic heterocycles. The van der Waals surface area contributed by atoms with Crippen molar-refractivity contribution in [3.05, 3.63) is 0 Å². The van der Waals surface area contributed by atoms with Crippen molar-refractivity contribution in [2.24, 2.45) is 0 Å². The van der Waals surface area contributed by atoms with Crippen LogP contribution in [0, 0.1) is 0 Å². The van der Waals surface area contributed by atoms with Gasteiger partial charge in [-0.1, -0.05) is 96.8 Å². The van der Waals surface area contributed by atoms with Gasteiger partial charge in [-0.3, -0.25) is 4.79 Å². The molecule has 0 heterocycles. The second-order valence-corrected chi connectivity index (χ2v) is 7.71. The molecule has 0 radical (unpaired) electrons. The lowest BCUT2D eigenvalue weighted by Crippen LogP contribution is -2.23. The standard InChI is InChI=1S/C23H45NO2/c1-2-3-4-5-6-8-11-14-17-20-23(26)24-21-18-15-12-9-7-10-13-16-19-22-25/h22H,2-21H2,1H3,(H,24,26). The van der Waals surface area contributed by atoms with Gasteiger partial charge in [-0.05, 0) is 19.3 Å². The number of hydrogen-bond acceptors (Lipinski definition) is 2. The summed E-state index contributed by atoms with van der Waals surface area (Å²) in [5.41, 5.74) is 0. The van der Waals surface area contributed by atoms with Crippen molar-refractivity contribution in [3.63, 3.8) is 0 Å². The summed E-state index contributed by atoms with van der Waals surface area (Å²) < 4.78 is 0. The molecule has 0 unspecified atom stereocenters. The maximum atomic E-state index is 11.8. The molecule has 26 heavy (non-hydrogen) atoms. The van der Waals surface area contributed by atoms with Gasteiger partial charge in [0, 0.05) is 19.4 Å². The molecule has 1 amide bonds. The minimum absolute atomic E-state index is 0.239. The number of unbranched alkanes of at least 4 members (excludes halogenated alkanes) is 16. The Hall–Kier alpha value is -0.860. The molecular weight excluding hydrogens is 322 g/mol. The second kappa shape index (κ2) is 22.2. The molecule has 0 bridgehead atoms. The summed E-state index contributed by atoms with van der Waals surface area (Å²) >= 11 is 0. The fourth-order valence-electron chi connectivity index (χ4n) is 3.33. The number of amides is 1. The Kier molecular flexibility index (Phi) is 21.4. The summed E-state index contributed by atoms with van der Waals surface area (Å²) in [6.45, 7) is 3.10. The van der Waals surface area contributed by atoms with Crippen LogP contribution in [0.3, 0.4) is 0 Å². The maximum Gasteiger partial charge on any atom is 0.219 e. The summed E-state index contributed by atoms with van der Waals surface area (Å²) in [5.74, 6) is 0.239. The molecule has 0 aliphatic heterocycles. The van der Waals surface area contributed by atoms with Crippen LogP contribution >= 0.6 is 0 Å². The van der Waals surface area contributed by atoms with Crippen LogP contribution in [0.4, 0.5) is 0 Å². The quantitative estimate of drug-likeness (QED) is 0.180. The van der Waals surface area contributed by atoms with Crippen molar-refractivity contribution >= 4 is 12.2 Å². The van der Waals surface area contributed by atoms with E-state index >= 15 is 0 Å². The normalized spacial score (nSPS) is 10.8. The largest absolute Gasteiger partial charge is 0.356 e. The van der Waals surface area contributed by atoms with E-state index in [1.807, 2.05) is 0 Å². The Morgan fingerprint density at radius 2 is 1.12 bits per heavy atom. The zero-order chi connectivity index (χ0) is 19.1. The summed E-state index contributed by atoms with van der Waals surface area (Å²) in [6.07, 6.45) is 23.8. The first-order valence-corrected chi connectivity index (χ1v) is 11.5. The number of hydrogen-bond donors (Lipinski definition) is 1. The molecule has 0 aliphatic carbocycles. The zero-order valence-electron chi connectivity index (χ0n) is 17.5. The number of aldehydes is 1. The van der Waals surface area contributed by atoms with Crippen LogP contribution in [0.1, 0.15) is 129 Å². The Morgan fingerprint density at radius 1 is 0.654 bits per heavy atom. The zero-order valence-corrected chi connectivity index (χ0v) is 17.5. The molecule has 1 N–H and O–H groups in total. The molecule has 0 rings (SSSR count). The Balaban J connectivity index is 3.14. The third-order valence-corrected chi connectivity index (χ3v) is 5.08. The van der Waals surface area contributed by atoms with Crippen LogP contribution in [-0.2, 0) is 9.59 Å². The topological polar surface area (TPSA) is 46.2 Å². The van der Waals surface area contributed by atoms with Crippen LogP contribution in [0.15, 0.2) is 0 Å². The van der Waals surface area contributed by atoms with E-state index in [-0.39, 0.29) is 5.91 Å². The summed E-state index contributed by atoms with van der Waals surface area (Å²) in [6, 6.07) is 0. The lowest BCUT2D eigenvalue weighted by molar-refractivity contribution is -0.121. The highest BCUT2D eigenvalue weighted by atomic mass is 16.1. The van der Waals surface area contributed by atoms with Gasteiger partial charge in [-0.25, -0.2) is 0 Å². The van der Waals surface area contributed by atoms with Crippen LogP contribution in [-0.4, -0.2) is 18.7 Å². The van der Waals surface area contributed by atoms with E-state index in [2.05, 4.69) is 12.2 Å². The molecule has 0 atom stereocenters. The monoisotopic (exact) mass is 367 g/mol. The van der Waals surface area contributed by atoms with Crippen LogP contribution < -0.4 is 5.32 Å². The average Bonchev–Trinajstić information content (AvgIpc) is 2.64. The van der Waals surface area contributed by atoms with Gasteiger partial charge in [-0.2, -0.15) is 0 Å². The van der Waals surface area contributed by atoms with Gasteiger partial charge < -0.3 is 10.1 Å². The molecular formula is C23H45NO2. The third kappa shape index (κ3) is 21.2. The lowest BCUT2D eigenvalue weighted by atomic mass is 10.1. The minimum Gasteiger partial charge on any atom is -0.356 e. The van der Waals surface area contributed by atoms with Crippen LogP contribution in [0.2, 0.25) is 0 Å². The van der Waals surface area contributed by atoms with Gasteiger partial charge in [0.25, 0.3) is 0 Å². The third-order valence-electron chi connectivity index (χ3n) is 5.08. The maximum absolute atomic E-state index is 11.8. The van der Waals surface area contributed by atoms with Crippen molar-refractivity contribution in [2.75, 3.05) is 6.54 Å². The van der Waals surface area contributed by atoms with Gasteiger partial charge in [0.2, 0.25) is 5.91 Å². The van der Waals surface area contributed by atoms with Crippen molar-refractivity contribution in [1.82, 2.24) is 5.32 Å². The predicted molar refractivity (Wildman–Crippen MR) is 112 cm³/mol. The van der Waals surface area contributed by atoms with Gasteiger partial charge >= 0.3 is 0 Å². The van der Waals surface area contributed by atoms with E-state index in [0.717, 1.165) is 38.5 Å². The average molecular weight is 368 g/mol. The second-order valence-electron chi connectivity index (χ2n) is 7.71. The number of carbonyl (C=O) groups is 2. The molecule has 0 aliphatic rings. The molecule has 154 valence electrons. The highest BCUT2D eigenvalue weighted by molar-refractivity contribution is 5.75. The van der Waals surface area contributed by atoms with E-state index in [1.54, 1.807) is 0 Å². The summed E-state index contributed by atoms with van der Waals surface area (Å²) in [7, 11) is 0. The molecule has 0 fully saturated rings. The van der Waals surface area contributed by atoms with E-state index in [0.29, 0.717) is 6.42 Å². The highest BCUT2D eigenvalue weighted by Gasteiger charge is 2.00. The SMILES string of the molecule is CCCCCCCCCCCC(=O)NCCCCCCCCCCC=O. The van der Waals surface area contributed by atoms with E-state index < -0.39 is 0 Å². The van der Waals surface area contributed by atoms with Gasteiger partial charge in [-0.15, -0.1) is 0 Å². The summed E-state index contributed by atoms with van der Waals surface area (Å²) in [5, 5.41) is 3.06. The smallest absolute Gasteiger partial charge is 0.219 e. The first-order valence-electron chi connectivity index (χ1n) is 11.5. The van der Waals surface area contributed by atoms with E-state index in [1.165, 1.54) is 89.9 Å². The molecule has 3 nitrogen and oxygen atoms in total. The molecule has 0 saturated carbocycles. The Morgan fingerprint density at radius 3 is 1.65 bits per heavy atom. The number of nitrogens with one attached hydrogen (secondary N) is 1. The minimum atomic E-state index is 0.239. The van der Waals surface area contributed by atoms with Crippen LogP contribution in [0.25, 0.3) is 0 Å². The molecule has 0 spiro atoms. The molecule has 0 aromatic rings. The Labute approximate surface area is 163 Å². The number of rotatable bonds is 21. The van der Waals surface area contributed by atoms with Crippen molar-refractivity contribution in [2.45, 2.75) is 129 Å². The first-order chi connectivity index (χ1) is 12.8. The summed E-state index contributed by atoms with van der Waals surface area (Å²) in [4.78, 5) is 22.0. The predicted octanol–water partition coefficient (Wildman–Crippen LogP) is 6.73. The lowest BCUT2D eigenvalue weighted by Gasteiger charge is -2.06. The fourth-order valence-corrected chi connectivity index (χ4v) is 3.33. The molecule has 0 saturated heterocycles. The fraction of sp³-hybridized carbons (Fsp3) is 0.913. The van der Waals surface area contributed by atoms with E-state index in [4.69, 9.17) is 0 Å². The molecule has 3 heteroatoms. The van der Waals surface area contributed by atoms with Gasteiger partial charge in [0.1, 0.15) is 6.29 Å². The van der Waals surface area contributed by atoms with Gasteiger partial charge in [0.05, 0.1) is 0 Å². The van der Waals surface area contributed by atoms with E-state index in [9.17, 15) is 9.59 Å². The first kappa shape index (κ1) is 25.1. The van der Waals surface area contributed by atoms with Crippen molar-refractivity contribution in [1.29, 1.82) is 0 Å². The Bertz CT molecular complexity index is 305. The van der Waals surface area contributed by atoms with Crippen molar-refractivity contribution in [3.8, 4) is 0 Å². The van der Waals surface area contributed by atoms with Crippen LogP contribution in [0.5, 0.6) is 0 Å². The highest BCUT2D eigenvalue weighted by Crippen LogP contribution is 2.11.